The fourth-order valence-corrected chi connectivity index (χ4v) is 2.56. The second-order valence-electron chi connectivity index (χ2n) is 5.63. The fourth-order valence-electron chi connectivity index (χ4n) is 2.56. The molecular formula is C18H25N3O. The van der Waals surface area contributed by atoms with Crippen LogP contribution in [0, 0.1) is 13.8 Å². The van der Waals surface area contributed by atoms with E-state index in [2.05, 4.69) is 17.3 Å². The molecule has 0 radical (unpaired) electrons. The summed E-state index contributed by atoms with van der Waals surface area (Å²) in [5.41, 5.74) is 4.20. The van der Waals surface area contributed by atoms with Crippen LogP contribution in [0.5, 0.6) is 0 Å². The summed E-state index contributed by atoms with van der Waals surface area (Å²) in [4.78, 5) is 11.9. The Kier molecular flexibility index (Phi) is 5.75. The highest BCUT2D eigenvalue weighted by atomic mass is 16.1. The zero-order valence-corrected chi connectivity index (χ0v) is 13.7. The van der Waals surface area contributed by atoms with Crippen molar-refractivity contribution in [3.63, 3.8) is 0 Å². The summed E-state index contributed by atoms with van der Waals surface area (Å²) in [5.74, 6) is 0.125. The third-order valence-electron chi connectivity index (χ3n) is 3.91. The lowest BCUT2D eigenvalue weighted by Gasteiger charge is -2.07. The lowest BCUT2D eigenvalue weighted by molar-refractivity contribution is -0.121. The second-order valence-corrected chi connectivity index (χ2v) is 5.63. The summed E-state index contributed by atoms with van der Waals surface area (Å²) in [6, 6.07) is 10.1. The van der Waals surface area contributed by atoms with Crippen LogP contribution in [-0.4, -0.2) is 15.7 Å². The topological polar surface area (TPSA) is 46.9 Å². The van der Waals surface area contributed by atoms with E-state index in [0.717, 1.165) is 41.9 Å². The van der Waals surface area contributed by atoms with Crippen molar-refractivity contribution in [3.8, 4) is 5.69 Å². The van der Waals surface area contributed by atoms with E-state index in [9.17, 15) is 4.79 Å². The lowest BCUT2D eigenvalue weighted by Crippen LogP contribution is -2.23. The van der Waals surface area contributed by atoms with Crippen LogP contribution in [0.15, 0.2) is 30.3 Å². The summed E-state index contributed by atoms with van der Waals surface area (Å²) >= 11 is 0. The van der Waals surface area contributed by atoms with Crippen LogP contribution in [0.4, 0.5) is 0 Å². The first-order valence-electron chi connectivity index (χ1n) is 8.00. The Bertz CT molecular complexity index is 617. The van der Waals surface area contributed by atoms with Crippen molar-refractivity contribution in [1.82, 2.24) is 15.1 Å². The molecule has 1 N–H and O–H groups in total. The Morgan fingerprint density at radius 2 is 1.91 bits per heavy atom. The third-order valence-corrected chi connectivity index (χ3v) is 3.91. The number of nitrogens with zero attached hydrogens (tertiary/aromatic N) is 2. The van der Waals surface area contributed by atoms with Gasteiger partial charge in [-0.2, -0.15) is 5.10 Å². The second kappa shape index (κ2) is 7.78. The minimum atomic E-state index is 0.125. The molecule has 2 aromatic rings. The number of benzene rings is 1. The predicted octanol–water partition coefficient (Wildman–Crippen LogP) is 3.69. The maximum atomic E-state index is 11.9. The Hall–Kier alpha value is -2.10. The molecular weight excluding hydrogens is 274 g/mol. The van der Waals surface area contributed by atoms with Gasteiger partial charge in [-0.15, -0.1) is 0 Å². The summed E-state index contributed by atoms with van der Waals surface area (Å²) in [6.07, 6.45) is 3.81. The van der Waals surface area contributed by atoms with Gasteiger partial charge in [0.15, 0.2) is 0 Å². The molecule has 0 unspecified atom stereocenters. The first-order valence-corrected chi connectivity index (χ1v) is 8.00. The van der Waals surface area contributed by atoms with Gasteiger partial charge in [0.2, 0.25) is 5.91 Å². The molecule has 1 amide bonds. The van der Waals surface area contributed by atoms with Crippen molar-refractivity contribution in [2.75, 3.05) is 0 Å². The normalized spacial score (nSPS) is 10.7. The predicted molar refractivity (Wildman–Crippen MR) is 89.0 cm³/mol. The van der Waals surface area contributed by atoms with Crippen LogP contribution < -0.4 is 5.32 Å². The number of hydrogen-bond acceptors (Lipinski definition) is 2. The van der Waals surface area contributed by atoms with Gasteiger partial charge in [-0.25, -0.2) is 4.68 Å². The number of aromatic nitrogens is 2. The van der Waals surface area contributed by atoms with Gasteiger partial charge in [0.05, 0.1) is 11.4 Å². The van der Waals surface area contributed by atoms with Crippen molar-refractivity contribution in [1.29, 1.82) is 0 Å². The number of hydrogen-bond donors (Lipinski definition) is 1. The molecule has 1 aromatic carbocycles. The van der Waals surface area contributed by atoms with Crippen molar-refractivity contribution in [2.24, 2.45) is 0 Å². The van der Waals surface area contributed by atoms with E-state index < -0.39 is 0 Å². The number of carbonyl (C=O) groups is 1. The lowest BCUT2D eigenvalue weighted by atomic mass is 10.1. The van der Waals surface area contributed by atoms with Crippen molar-refractivity contribution in [3.05, 3.63) is 47.3 Å². The summed E-state index contributed by atoms with van der Waals surface area (Å²) in [5, 5.41) is 7.61. The minimum absolute atomic E-state index is 0.125. The van der Waals surface area contributed by atoms with E-state index >= 15 is 0 Å². The number of aryl methyl sites for hydroxylation is 1. The van der Waals surface area contributed by atoms with Crippen LogP contribution in [0.2, 0.25) is 0 Å². The Morgan fingerprint density at radius 3 is 2.59 bits per heavy atom. The van der Waals surface area contributed by atoms with E-state index in [0.29, 0.717) is 13.0 Å². The molecule has 0 saturated heterocycles. The van der Waals surface area contributed by atoms with E-state index in [4.69, 9.17) is 0 Å². The van der Waals surface area contributed by atoms with Crippen LogP contribution in [0.25, 0.3) is 5.69 Å². The van der Waals surface area contributed by atoms with Crippen LogP contribution in [-0.2, 0) is 11.3 Å². The molecule has 118 valence electrons. The van der Waals surface area contributed by atoms with Crippen molar-refractivity contribution >= 4 is 5.91 Å². The highest BCUT2D eigenvalue weighted by Gasteiger charge is 2.13. The van der Waals surface area contributed by atoms with Crippen LogP contribution >= 0.6 is 0 Å². The molecule has 0 saturated carbocycles. The van der Waals surface area contributed by atoms with E-state index in [1.54, 1.807) is 0 Å². The average molecular weight is 299 g/mol. The van der Waals surface area contributed by atoms with Gasteiger partial charge in [-0.3, -0.25) is 4.79 Å². The zero-order chi connectivity index (χ0) is 15.9. The molecule has 0 spiro atoms. The summed E-state index contributed by atoms with van der Waals surface area (Å²) < 4.78 is 1.94. The molecule has 0 aliphatic rings. The van der Waals surface area contributed by atoms with Crippen LogP contribution in [0.3, 0.4) is 0 Å². The SMILES string of the molecule is CCCCCC(=O)NCc1c(C)nn(-c2ccccc2)c1C. The number of rotatable bonds is 7. The molecule has 1 aromatic heterocycles. The molecule has 1 heterocycles. The standard InChI is InChI=1S/C18H25N3O/c1-4-5-7-12-18(22)19-13-17-14(2)20-21(15(17)3)16-10-8-6-9-11-16/h6,8-11H,4-5,7,12-13H2,1-3H3,(H,19,22). The van der Waals surface area contributed by atoms with Gasteiger partial charge in [0.1, 0.15) is 0 Å². The average Bonchev–Trinajstić information content (AvgIpc) is 2.81. The van der Waals surface area contributed by atoms with Gasteiger partial charge in [0.25, 0.3) is 0 Å². The van der Waals surface area contributed by atoms with Gasteiger partial charge in [-0.05, 0) is 32.4 Å². The molecule has 0 fully saturated rings. The smallest absolute Gasteiger partial charge is 0.220 e. The molecule has 0 bridgehead atoms. The monoisotopic (exact) mass is 299 g/mol. The van der Waals surface area contributed by atoms with Gasteiger partial charge < -0.3 is 5.32 Å². The highest BCUT2D eigenvalue weighted by Crippen LogP contribution is 2.17. The molecule has 0 atom stereocenters. The first-order chi connectivity index (χ1) is 10.6. The molecule has 2 rings (SSSR count). The van der Waals surface area contributed by atoms with Gasteiger partial charge in [-0.1, -0.05) is 38.0 Å². The maximum absolute atomic E-state index is 11.9. The number of nitrogens with one attached hydrogen (secondary N) is 1. The molecule has 0 aliphatic carbocycles. The Balaban J connectivity index is 2.03. The largest absolute Gasteiger partial charge is 0.352 e. The van der Waals surface area contributed by atoms with Crippen molar-refractivity contribution in [2.45, 2.75) is 53.0 Å². The first kappa shape index (κ1) is 16.3. The van der Waals surface area contributed by atoms with E-state index in [1.807, 2.05) is 48.9 Å². The quantitative estimate of drug-likeness (QED) is 0.793. The molecule has 4 nitrogen and oxygen atoms in total. The number of para-hydroxylation sites is 1. The number of carbonyl (C=O) groups excluding carboxylic acids is 1. The highest BCUT2D eigenvalue weighted by molar-refractivity contribution is 5.75. The fraction of sp³-hybridized carbons (Fsp3) is 0.444. The summed E-state index contributed by atoms with van der Waals surface area (Å²) in [7, 11) is 0. The molecule has 4 heteroatoms. The molecule has 0 aliphatic heterocycles. The number of amides is 1. The Labute approximate surface area is 132 Å². The van der Waals surface area contributed by atoms with Gasteiger partial charge in [0, 0.05) is 24.2 Å². The van der Waals surface area contributed by atoms with Crippen LogP contribution in [0.1, 0.15) is 49.6 Å². The minimum Gasteiger partial charge on any atom is -0.352 e. The summed E-state index contributed by atoms with van der Waals surface area (Å²) in [6.45, 7) is 6.73. The van der Waals surface area contributed by atoms with Crippen molar-refractivity contribution < 1.29 is 4.79 Å². The number of unbranched alkanes of at least 4 members (excludes halogenated alkanes) is 2. The Morgan fingerprint density at radius 1 is 1.18 bits per heavy atom. The maximum Gasteiger partial charge on any atom is 0.220 e. The van der Waals surface area contributed by atoms with E-state index in [-0.39, 0.29) is 5.91 Å². The van der Waals surface area contributed by atoms with Gasteiger partial charge >= 0.3 is 0 Å². The third kappa shape index (κ3) is 3.97. The van der Waals surface area contributed by atoms with E-state index in [1.165, 1.54) is 0 Å². The zero-order valence-electron chi connectivity index (χ0n) is 13.7. The molecule has 22 heavy (non-hydrogen) atoms.